The number of rotatable bonds is 2. The zero-order chi connectivity index (χ0) is 11.6. The standard InChI is InChI=1S/C12H14FNO2/c13-10-3-1-9(2-4-10)12(11(15)16)5-7-14-8-6-12/h1-4,14H,5-8H2,(H,15,16). The first-order valence-electron chi connectivity index (χ1n) is 5.35. The van der Waals surface area contributed by atoms with Crippen molar-refractivity contribution in [3.63, 3.8) is 0 Å². The van der Waals surface area contributed by atoms with E-state index in [2.05, 4.69) is 5.32 Å². The maximum atomic E-state index is 12.8. The van der Waals surface area contributed by atoms with E-state index in [0.29, 0.717) is 31.5 Å². The largest absolute Gasteiger partial charge is 0.481 e. The van der Waals surface area contributed by atoms with Crippen molar-refractivity contribution in [2.24, 2.45) is 0 Å². The average molecular weight is 223 g/mol. The minimum Gasteiger partial charge on any atom is -0.481 e. The van der Waals surface area contributed by atoms with E-state index in [1.165, 1.54) is 12.1 Å². The lowest BCUT2D eigenvalue weighted by atomic mass is 9.73. The van der Waals surface area contributed by atoms with Crippen LogP contribution in [0.2, 0.25) is 0 Å². The van der Waals surface area contributed by atoms with Crippen LogP contribution in [0.1, 0.15) is 18.4 Å². The van der Waals surface area contributed by atoms with Crippen LogP contribution in [0.3, 0.4) is 0 Å². The van der Waals surface area contributed by atoms with Crippen molar-refractivity contribution in [2.75, 3.05) is 13.1 Å². The molecule has 0 radical (unpaired) electrons. The van der Waals surface area contributed by atoms with Crippen molar-refractivity contribution in [2.45, 2.75) is 18.3 Å². The summed E-state index contributed by atoms with van der Waals surface area (Å²) in [5.74, 6) is -1.15. The highest BCUT2D eigenvalue weighted by Gasteiger charge is 2.41. The van der Waals surface area contributed by atoms with Crippen LogP contribution in [0, 0.1) is 5.82 Å². The fourth-order valence-corrected chi connectivity index (χ4v) is 2.25. The zero-order valence-corrected chi connectivity index (χ0v) is 8.87. The third-order valence-electron chi connectivity index (χ3n) is 3.26. The third-order valence-corrected chi connectivity index (χ3v) is 3.26. The quantitative estimate of drug-likeness (QED) is 0.799. The topological polar surface area (TPSA) is 49.3 Å². The predicted octanol–water partition coefficient (Wildman–Crippen LogP) is 1.53. The minimum absolute atomic E-state index is 0.335. The first-order chi connectivity index (χ1) is 7.65. The maximum Gasteiger partial charge on any atom is 0.314 e. The van der Waals surface area contributed by atoms with Crippen molar-refractivity contribution in [1.29, 1.82) is 0 Å². The van der Waals surface area contributed by atoms with E-state index in [-0.39, 0.29) is 5.82 Å². The Morgan fingerprint density at radius 1 is 1.25 bits per heavy atom. The Balaban J connectivity index is 2.38. The van der Waals surface area contributed by atoms with Gasteiger partial charge >= 0.3 is 5.97 Å². The fraction of sp³-hybridized carbons (Fsp3) is 0.417. The van der Waals surface area contributed by atoms with Gasteiger partial charge in [-0.3, -0.25) is 4.79 Å². The molecule has 4 heteroatoms. The van der Waals surface area contributed by atoms with Crippen LogP contribution in [-0.2, 0) is 10.2 Å². The van der Waals surface area contributed by atoms with Crippen molar-refractivity contribution < 1.29 is 14.3 Å². The van der Waals surface area contributed by atoms with Gasteiger partial charge in [0.1, 0.15) is 5.82 Å². The summed E-state index contributed by atoms with van der Waals surface area (Å²) in [5.41, 5.74) is -0.151. The van der Waals surface area contributed by atoms with Gasteiger partial charge in [-0.15, -0.1) is 0 Å². The van der Waals surface area contributed by atoms with Crippen molar-refractivity contribution >= 4 is 5.97 Å². The number of aliphatic carboxylic acids is 1. The second-order valence-corrected chi connectivity index (χ2v) is 4.14. The lowest BCUT2D eigenvalue weighted by Gasteiger charge is -2.34. The molecule has 86 valence electrons. The van der Waals surface area contributed by atoms with E-state index >= 15 is 0 Å². The molecule has 0 saturated carbocycles. The van der Waals surface area contributed by atoms with Gasteiger partial charge in [-0.05, 0) is 43.6 Å². The number of carboxylic acids is 1. The zero-order valence-electron chi connectivity index (χ0n) is 8.87. The molecule has 0 aromatic heterocycles. The van der Waals surface area contributed by atoms with Gasteiger partial charge in [-0.2, -0.15) is 0 Å². The SMILES string of the molecule is O=C(O)C1(c2ccc(F)cc2)CCNCC1. The van der Waals surface area contributed by atoms with Gasteiger partial charge in [-0.1, -0.05) is 12.1 Å². The summed E-state index contributed by atoms with van der Waals surface area (Å²) < 4.78 is 12.8. The van der Waals surface area contributed by atoms with Crippen molar-refractivity contribution in [1.82, 2.24) is 5.32 Å². The molecule has 0 atom stereocenters. The van der Waals surface area contributed by atoms with Gasteiger partial charge in [0.2, 0.25) is 0 Å². The summed E-state index contributed by atoms with van der Waals surface area (Å²) in [7, 11) is 0. The highest BCUT2D eigenvalue weighted by atomic mass is 19.1. The summed E-state index contributed by atoms with van der Waals surface area (Å²) in [5, 5.41) is 12.5. The molecule has 0 spiro atoms. The molecule has 1 heterocycles. The molecule has 2 N–H and O–H groups in total. The van der Waals surface area contributed by atoms with Crippen LogP contribution >= 0.6 is 0 Å². The summed E-state index contributed by atoms with van der Waals surface area (Å²) in [4.78, 5) is 11.4. The normalized spacial score (nSPS) is 19.3. The summed E-state index contributed by atoms with van der Waals surface area (Å²) >= 11 is 0. The Bertz CT molecular complexity index is 383. The van der Waals surface area contributed by atoms with Crippen LogP contribution in [-0.4, -0.2) is 24.2 Å². The van der Waals surface area contributed by atoms with Gasteiger partial charge in [0.15, 0.2) is 0 Å². The number of halogens is 1. The maximum absolute atomic E-state index is 12.8. The van der Waals surface area contributed by atoms with E-state index < -0.39 is 11.4 Å². The number of carboxylic acid groups (broad SMARTS) is 1. The van der Waals surface area contributed by atoms with E-state index in [0.717, 1.165) is 0 Å². The molecule has 0 bridgehead atoms. The molecule has 0 unspecified atom stereocenters. The monoisotopic (exact) mass is 223 g/mol. The van der Waals surface area contributed by atoms with Crippen LogP contribution in [0.15, 0.2) is 24.3 Å². The molecule has 0 aliphatic carbocycles. The van der Waals surface area contributed by atoms with Gasteiger partial charge in [0, 0.05) is 0 Å². The molecular weight excluding hydrogens is 209 g/mol. The molecule has 3 nitrogen and oxygen atoms in total. The number of benzene rings is 1. The van der Waals surface area contributed by atoms with Crippen LogP contribution in [0.4, 0.5) is 4.39 Å². The number of hydrogen-bond donors (Lipinski definition) is 2. The molecule has 1 aromatic rings. The fourth-order valence-electron chi connectivity index (χ4n) is 2.25. The summed E-state index contributed by atoms with van der Waals surface area (Å²) in [6.07, 6.45) is 1.10. The van der Waals surface area contributed by atoms with E-state index in [1.807, 2.05) is 0 Å². The van der Waals surface area contributed by atoms with Crippen LogP contribution in [0.25, 0.3) is 0 Å². The molecule has 1 aliphatic rings. The molecular formula is C12H14FNO2. The Morgan fingerprint density at radius 3 is 2.31 bits per heavy atom. The van der Waals surface area contributed by atoms with E-state index in [4.69, 9.17) is 0 Å². The predicted molar refractivity (Wildman–Crippen MR) is 57.8 cm³/mol. The Labute approximate surface area is 93.3 Å². The Kier molecular flexibility index (Phi) is 2.92. The molecule has 16 heavy (non-hydrogen) atoms. The van der Waals surface area contributed by atoms with Gasteiger partial charge in [-0.25, -0.2) is 4.39 Å². The molecule has 0 amide bonds. The van der Waals surface area contributed by atoms with Crippen LogP contribution in [0.5, 0.6) is 0 Å². The highest BCUT2D eigenvalue weighted by molar-refractivity contribution is 5.81. The second kappa shape index (κ2) is 4.22. The number of hydrogen-bond acceptors (Lipinski definition) is 2. The minimum atomic E-state index is -0.848. The summed E-state index contributed by atoms with van der Waals surface area (Å²) in [6.45, 7) is 1.37. The molecule has 1 saturated heterocycles. The van der Waals surface area contributed by atoms with Gasteiger partial charge in [0.05, 0.1) is 5.41 Å². The molecule has 1 fully saturated rings. The lowest BCUT2D eigenvalue weighted by Crippen LogP contribution is -2.45. The van der Waals surface area contributed by atoms with Gasteiger partial charge < -0.3 is 10.4 Å². The highest BCUT2D eigenvalue weighted by Crippen LogP contribution is 2.33. The Hall–Kier alpha value is -1.42. The second-order valence-electron chi connectivity index (χ2n) is 4.14. The lowest BCUT2D eigenvalue weighted by molar-refractivity contribution is -0.145. The number of nitrogens with one attached hydrogen (secondary N) is 1. The molecule has 2 rings (SSSR count). The van der Waals surface area contributed by atoms with E-state index in [1.54, 1.807) is 12.1 Å². The first kappa shape index (κ1) is 11.1. The molecule has 1 aliphatic heterocycles. The van der Waals surface area contributed by atoms with Gasteiger partial charge in [0.25, 0.3) is 0 Å². The first-order valence-corrected chi connectivity index (χ1v) is 5.35. The number of piperidine rings is 1. The average Bonchev–Trinajstić information content (AvgIpc) is 2.30. The third kappa shape index (κ3) is 1.80. The van der Waals surface area contributed by atoms with Crippen molar-refractivity contribution in [3.05, 3.63) is 35.6 Å². The Morgan fingerprint density at radius 2 is 1.81 bits per heavy atom. The van der Waals surface area contributed by atoms with Crippen molar-refractivity contribution in [3.8, 4) is 0 Å². The van der Waals surface area contributed by atoms with E-state index in [9.17, 15) is 14.3 Å². The smallest absolute Gasteiger partial charge is 0.314 e. The summed E-state index contributed by atoms with van der Waals surface area (Å²) in [6, 6.07) is 5.80. The van der Waals surface area contributed by atoms with Crippen LogP contribution < -0.4 is 5.32 Å². The number of carbonyl (C=O) groups is 1. The molecule has 1 aromatic carbocycles.